The summed E-state index contributed by atoms with van der Waals surface area (Å²) in [7, 11) is 3.85. The number of furan rings is 1. The highest BCUT2D eigenvalue weighted by Gasteiger charge is 2.25. The van der Waals surface area contributed by atoms with Gasteiger partial charge in [0.2, 0.25) is 0 Å². The van der Waals surface area contributed by atoms with E-state index in [0.717, 1.165) is 24.7 Å². The Morgan fingerprint density at radius 3 is 2.72 bits per heavy atom. The van der Waals surface area contributed by atoms with E-state index in [9.17, 15) is 4.79 Å². The van der Waals surface area contributed by atoms with Crippen LogP contribution in [0.4, 0.5) is 16.3 Å². The maximum absolute atomic E-state index is 12.2. The molecule has 2 N–H and O–H groups in total. The molecule has 7 nitrogen and oxygen atoms in total. The van der Waals surface area contributed by atoms with Gasteiger partial charge in [-0.15, -0.1) is 0 Å². The van der Waals surface area contributed by atoms with Crippen molar-refractivity contribution in [3.8, 4) is 0 Å². The molecule has 25 heavy (non-hydrogen) atoms. The molecule has 1 fully saturated rings. The van der Waals surface area contributed by atoms with Crippen LogP contribution in [0.15, 0.2) is 41.1 Å². The first kappa shape index (κ1) is 17.3. The average molecular weight is 343 g/mol. The van der Waals surface area contributed by atoms with Crippen molar-refractivity contribution < 1.29 is 9.21 Å². The average Bonchev–Trinajstić information content (AvgIpc) is 3.29. The summed E-state index contributed by atoms with van der Waals surface area (Å²) < 4.78 is 5.57. The number of carbonyl (C=O) groups is 1. The third-order valence-electron chi connectivity index (χ3n) is 4.37. The number of hydrogen-bond acceptors (Lipinski definition) is 5. The number of hydrogen-bond donors (Lipinski definition) is 2. The highest BCUT2D eigenvalue weighted by molar-refractivity contribution is 5.89. The van der Waals surface area contributed by atoms with Crippen LogP contribution in [0.2, 0.25) is 0 Å². The molecule has 2 amide bonds. The van der Waals surface area contributed by atoms with Gasteiger partial charge in [0.05, 0.1) is 24.2 Å². The van der Waals surface area contributed by atoms with E-state index in [1.807, 2.05) is 43.3 Å². The lowest BCUT2D eigenvalue weighted by atomic mass is 10.2. The van der Waals surface area contributed by atoms with Crippen LogP contribution in [0, 0.1) is 0 Å². The van der Waals surface area contributed by atoms with Crippen LogP contribution in [0.1, 0.15) is 24.6 Å². The number of rotatable bonds is 6. The van der Waals surface area contributed by atoms with Crippen molar-refractivity contribution in [2.75, 3.05) is 43.9 Å². The smallest absolute Gasteiger partial charge is 0.319 e. The van der Waals surface area contributed by atoms with E-state index in [0.29, 0.717) is 12.2 Å². The molecule has 1 saturated heterocycles. The van der Waals surface area contributed by atoms with Crippen molar-refractivity contribution in [2.45, 2.75) is 18.9 Å². The minimum absolute atomic E-state index is 0.0671. The second-order valence-corrected chi connectivity index (χ2v) is 6.41. The van der Waals surface area contributed by atoms with Crippen molar-refractivity contribution in [1.82, 2.24) is 15.2 Å². The lowest BCUT2D eigenvalue weighted by Crippen LogP contribution is -2.38. The van der Waals surface area contributed by atoms with Crippen LogP contribution in [-0.2, 0) is 0 Å². The van der Waals surface area contributed by atoms with Crippen LogP contribution in [0.5, 0.6) is 0 Å². The van der Waals surface area contributed by atoms with Gasteiger partial charge in [-0.3, -0.25) is 4.90 Å². The van der Waals surface area contributed by atoms with E-state index >= 15 is 0 Å². The van der Waals surface area contributed by atoms with E-state index in [1.54, 1.807) is 12.5 Å². The Balaban J connectivity index is 1.56. The van der Waals surface area contributed by atoms with Gasteiger partial charge in [-0.1, -0.05) is 0 Å². The molecule has 1 atom stereocenters. The molecule has 0 aromatic carbocycles. The first-order chi connectivity index (χ1) is 12.1. The van der Waals surface area contributed by atoms with Crippen molar-refractivity contribution >= 4 is 17.5 Å². The van der Waals surface area contributed by atoms with Crippen LogP contribution in [0.3, 0.4) is 0 Å². The largest absolute Gasteiger partial charge is 0.468 e. The molecule has 2 aromatic heterocycles. The zero-order valence-corrected chi connectivity index (χ0v) is 14.7. The van der Waals surface area contributed by atoms with Crippen molar-refractivity contribution in [1.29, 1.82) is 0 Å². The molecule has 2 aromatic rings. The fraction of sp³-hybridized carbons (Fsp3) is 0.444. The maximum Gasteiger partial charge on any atom is 0.319 e. The van der Waals surface area contributed by atoms with E-state index in [4.69, 9.17) is 4.42 Å². The van der Waals surface area contributed by atoms with Gasteiger partial charge in [-0.05, 0) is 50.2 Å². The number of urea groups is 1. The Morgan fingerprint density at radius 1 is 1.32 bits per heavy atom. The van der Waals surface area contributed by atoms with Gasteiger partial charge in [0.25, 0.3) is 0 Å². The van der Waals surface area contributed by atoms with E-state index in [1.165, 1.54) is 12.8 Å². The number of anilines is 2. The topological polar surface area (TPSA) is 73.6 Å². The minimum atomic E-state index is -0.241. The summed E-state index contributed by atoms with van der Waals surface area (Å²) in [5.41, 5.74) is 0.666. The van der Waals surface area contributed by atoms with E-state index in [-0.39, 0.29) is 12.1 Å². The predicted molar refractivity (Wildman–Crippen MR) is 97.8 cm³/mol. The van der Waals surface area contributed by atoms with Crippen LogP contribution < -0.4 is 15.5 Å². The minimum Gasteiger partial charge on any atom is -0.468 e. The van der Waals surface area contributed by atoms with Gasteiger partial charge in [0.1, 0.15) is 11.6 Å². The Hall–Kier alpha value is -2.54. The van der Waals surface area contributed by atoms with Gasteiger partial charge >= 0.3 is 6.03 Å². The van der Waals surface area contributed by atoms with Crippen LogP contribution in [-0.4, -0.2) is 49.6 Å². The number of pyridine rings is 1. The third-order valence-corrected chi connectivity index (χ3v) is 4.37. The molecule has 134 valence electrons. The number of nitrogens with one attached hydrogen (secondary N) is 2. The van der Waals surface area contributed by atoms with Crippen LogP contribution >= 0.6 is 0 Å². The summed E-state index contributed by atoms with van der Waals surface area (Å²) >= 11 is 0. The highest BCUT2D eigenvalue weighted by atomic mass is 16.3. The van der Waals surface area contributed by atoms with Crippen molar-refractivity contribution in [3.63, 3.8) is 0 Å². The second kappa shape index (κ2) is 8.02. The Kier molecular flexibility index (Phi) is 5.55. The molecule has 0 bridgehead atoms. The molecule has 0 spiro atoms. The van der Waals surface area contributed by atoms with Crippen LogP contribution in [0.25, 0.3) is 0 Å². The molecule has 3 rings (SSSR count). The summed E-state index contributed by atoms with van der Waals surface area (Å²) in [6, 6.07) is 7.38. The van der Waals surface area contributed by atoms with E-state index in [2.05, 4.69) is 20.5 Å². The lowest BCUT2D eigenvalue weighted by Gasteiger charge is -2.26. The summed E-state index contributed by atoms with van der Waals surface area (Å²) in [5, 5.41) is 5.76. The fourth-order valence-corrected chi connectivity index (χ4v) is 3.03. The number of aromatic nitrogens is 1. The molecule has 1 unspecified atom stereocenters. The Labute approximate surface area is 148 Å². The molecular formula is C18H25N5O2. The van der Waals surface area contributed by atoms with Gasteiger partial charge < -0.3 is 20.0 Å². The molecule has 1 aliphatic heterocycles. The normalized spacial score (nSPS) is 15.8. The second-order valence-electron chi connectivity index (χ2n) is 6.41. The van der Waals surface area contributed by atoms with E-state index < -0.39 is 0 Å². The molecular weight excluding hydrogens is 318 g/mol. The summed E-state index contributed by atoms with van der Waals surface area (Å²) in [4.78, 5) is 20.8. The predicted octanol–water partition coefficient (Wildman–Crippen LogP) is 2.70. The molecule has 0 saturated carbocycles. The SMILES string of the molecule is CN(C)c1ccc(NC(=O)NCC(c2ccco2)N2CCCC2)cn1. The Bertz CT molecular complexity index is 663. The zero-order chi connectivity index (χ0) is 17.6. The highest BCUT2D eigenvalue weighted by Crippen LogP contribution is 2.24. The monoisotopic (exact) mass is 343 g/mol. The first-order valence-corrected chi connectivity index (χ1v) is 8.59. The number of likely N-dealkylation sites (tertiary alicyclic amines) is 1. The lowest BCUT2D eigenvalue weighted by molar-refractivity contribution is 0.207. The Morgan fingerprint density at radius 2 is 2.12 bits per heavy atom. The first-order valence-electron chi connectivity index (χ1n) is 8.59. The van der Waals surface area contributed by atoms with Gasteiger partial charge in [-0.25, -0.2) is 9.78 Å². The number of amides is 2. The maximum atomic E-state index is 12.2. The summed E-state index contributed by atoms with van der Waals surface area (Å²) in [5.74, 6) is 1.73. The standard InChI is InChI=1S/C18H25N5O2/c1-22(2)17-8-7-14(12-19-17)21-18(24)20-13-15(16-6-5-11-25-16)23-9-3-4-10-23/h5-8,11-12,15H,3-4,9-10,13H2,1-2H3,(H2,20,21,24). The molecule has 7 heteroatoms. The van der Waals surface area contributed by atoms with Gasteiger partial charge in [0, 0.05) is 20.6 Å². The van der Waals surface area contributed by atoms with Gasteiger partial charge in [-0.2, -0.15) is 0 Å². The van der Waals surface area contributed by atoms with Crippen molar-refractivity contribution in [2.24, 2.45) is 0 Å². The van der Waals surface area contributed by atoms with Crippen molar-refractivity contribution in [3.05, 3.63) is 42.5 Å². The number of nitrogens with zero attached hydrogens (tertiary/aromatic N) is 3. The zero-order valence-electron chi connectivity index (χ0n) is 14.7. The molecule has 3 heterocycles. The number of carbonyl (C=O) groups excluding carboxylic acids is 1. The van der Waals surface area contributed by atoms with Gasteiger partial charge in [0.15, 0.2) is 0 Å². The summed E-state index contributed by atoms with van der Waals surface area (Å²) in [6.45, 7) is 2.57. The third kappa shape index (κ3) is 4.51. The molecule has 1 aliphatic rings. The summed E-state index contributed by atoms with van der Waals surface area (Å²) in [6.07, 6.45) is 5.70. The molecule has 0 aliphatic carbocycles. The quantitative estimate of drug-likeness (QED) is 0.844. The fourth-order valence-electron chi connectivity index (χ4n) is 3.03. The molecule has 0 radical (unpaired) electrons.